The molecule has 3 unspecified atom stereocenters. The summed E-state index contributed by atoms with van der Waals surface area (Å²) in [5.74, 6) is 0.448. The summed E-state index contributed by atoms with van der Waals surface area (Å²) < 4.78 is 24.2. The van der Waals surface area contributed by atoms with Gasteiger partial charge in [0.05, 0.1) is 0 Å². The van der Waals surface area contributed by atoms with Gasteiger partial charge in [-0.25, -0.2) is 4.39 Å². The van der Waals surface area contributed by atoms with Crippen LogP contribution in [0, 0.1) is 5.82 Å². The zero-order valence-corrected chi connectivity index (χ0v) is 11.3. The lowest BCUT2D eigenvalue weighted by Gasteiger charge is -2.40. The van der Waals surface area contributed by atoms with E-state index in [1.165, 1.54) is 12.1 Å². The van der Waals surface area contributed by atoms with E-state index < -0.39 is 0 Å². The Morgan fingerprint density at radius 1 is 1.35 bits per heavy atom. The third kappa shape index (κ3) is 3.19. The van der Waals surface area contributed by atoms with E-state index in [2.05, 4.69) is 22.9 Å². The second-order valence-corrected chi connectivity index (χ2v) is 5.37. The third-order valence-corrected chi connectivity index (χ3v) is 3.69. The molecule has 17 heavy (non-hydrogen) atoms. The highest BCUT2D eigenvalue weighted by molar-refractivity contribution is 9.09. The second-order valence-electron chi connectivity index (χ2n) is 4.20. The molecular formula is C13H16BrFO2. The number of ether oxygens (including phenoxy) is 2. The average molecular weight is 303 g/mol. The van der Waals surface area contributed by atoms with Crippen LogP contribution in [0.5, 0.6) is 5.75 Å². The van der Waals surface area contributed by atoms with Gasteiger partial charge in [-0.15, -0.1) is 0 Å². The largest absolute Gasteiger partial charge is 0.488 e. The standard InChI is InChI=1S/C13H16BrFO2/c1-2-7-16-13-11(14)8-12(13)17-10-5-3-9(15)4-6-10/h3-6,11-13H,2,7-8H2,1H3. The first kappa shape index (κ1) is 12.8. The fraction of sp³-hybridized carbons (Fsp3) is 0.538. The van der Waals surface area contributed by atoms with Crippen LogP contribution in [0.2, 0.25) is 0 Å². The van der Waals surface area contributed by atoms with E-state index in [0.29, 0.717) is 10.6 Å². The number of halogens is 2. The zero-order chi connectivity index (χ0) is 12.3. The summed E-state index contributed by atoms with van der Waals surface area (Å²) in [6.07, 6.45) is 2.09. The molecule has 0 bridgehead atoms. The van der Waals surface area contributed by atoms with Crippen molar-refractivity contribution in [3.8, 4) is 5.75 Å². The van der Waals surface area contributed by atoms with Crippen molar-refractivity contribution in [2.24, 2.45) is 0 Å². The van der Waals surface area contributed by atoms with Crippen molar-refractivity contribution in [2.75, 3.05) is 6.61 Å². The molecule has 1 aromatic rings. The molecule has 0 aromatic heterocycles. The minimum atomic E-state index is -0.247. The maximum atomic E-state index is 12.7. The molecule has 94 valence electrons. The Morgan fingerprint density at radius 3 is 2.65 bits per heavy atom. The van der Waals surface area contributed by atoms with Crippen LogP contribution in [0.15, 0.2) is 24.3 Å². The van der Waals surface area contributed by atoms with Gasteiger partial charge in [-0.3, -0.25) is 0 Å². The number of hydrogen-bond donors (Lipinski definition) is 0. The lowest BCUT2D eigenvalue weighted by Crippen LogP contribution is -2.52. The molecule has 0 radical (unpaired) electrons. The van der Waals surface area contributed by atoms with Crippen LogP contribution < -0.4 is 4.74 Å². The van der Waals surface area contributed by atoms with Gasteiger partial charge in [0.1, 0.15) is 23.8 Å². The van der Waals surface area contributed by atoms with Crippen LogP contribution in [0.4, 0.5) is 4.39 Å². The summed E-state index contributed by atoms with van der Waals surface area (Å²) in [7, 11) is 0. The number of rotatable bonds is 5. The summed E-state index contributed by atoms with van der Waals surface area (Å²) >= 11 is 3.56. The molecule has 3 atom stereocenters. The van der Waals surface area contributed by atoms with E-state index in [1.54, 1.807) is 12.1 Å². The second kappa shape index (κ2) is 5.83. The Balaban J connectivity index is 1.88. The van der Waals surface area contributed by atoms with E-state index in [9.17, 15) is 4.39 Å². The molecule has 2 nitrogen and oxygen atoms in total. The van der Waals surface area contributed by atoms with Gasteiger partial charge in [-0.05, 0) is 30.7 Å². The number of hydrogen-bond acceptors (Lipinski definition) is 2. The van der Waals surface area contributed by atoms with E-state index in [0.717, 1.165) is 19.4 Å². The minimum Gasteiger partial charge on any atom is -0.488 e. The number of alkyl halides is 1. The molecule has 0 heterocycles. The fourth-order valence-electron chi connectivity index (χ4n) is 1.80. The lowest BCUT2D eigenvalue weighted by atomic mass is 9.91. The van der Waals surface area contributed by atoms with Gasteiger partial charge >= 0.3 is 0 Å². The van der Waals surface area contributed by atoms with Crippen molar-refractivity contribution < 1.29 is 13.9 Å². The molecular weight excluding hydrogens is 287 g/mol. The van der Waals surface area contributed by atoms with Crippen LogP contribution in [0.1, 0.15) is 19.8 Å². The van der Waals surface area contributed by atoms with Gasteiger partial charge in [0.25, 0.3) is 0 Å². The summed E-state index contributed by atoms with van der Waals surface area (Å²) in [6.45, 7) is 2.83. The monoisotopic (exact) mass is 302 g/mol. The molecule has 1 saturated carbocycles. The highest BCUT2D eigenvalue weighted by atomic mass is 79.9. The Bertz CT molecular complexity index is 355. The molecule has 0 N–H and O–H groups in total. The molecule has 4 heteroatoms. The topological polar surface area (TPSA) is 18.5 Å². The normalized spacial score (nSPS) is 27.6. The van der Waals surface area contributed by atoms with Crippen LogP contribution >= 0.6 is 15.9 Å². The van der Waals surface area contributed by atoms with Crippen LogP contribution in [0.25, 0.3) is 0 Å². The summed E-state index contributed by atoms with van der Waals surface area (Å²) in [5, 5.41) is 0. The van der Waals surface area contributed by atoms with Gasteiger partial charge in [-0.2, -0.15) is 0 Å². The first-order valence-corrected chi connectivity index (χ1v) is 6.80. The molecule has 1 aliphatic rings. The Kier molecular flexibility index (Phi) is 4.40. The van der Waals surface area contributed by atoms with Gasteiger partial charge in [0, 0.05) is 17.9 Å². The lowest BCUT2D eigenvalue weighted by molar-refractivity contribution is -0.0762. The highest BCUT2D eigenvalue weighted by Crippen LogP contribution is 2.34. The zero-order valence-electron chi connectivity index (χ0n) is 9.74. The molecule has 0 saturated heterocycles. The summed E-state index contributed by atoms with van der Waals surface area (Å²) in [6, 6.07) is 6.10. The Morgan fingerprint density at radius 2 is 2.06 bits per heavy atom. The summed E-state index contributed by atoms with van der Waals surface area (Å²) in [5.41, 5.74) is 0. The molecule has 1 fully saturated rings. The van der Waals surface area contributed by atoms with Crippen molar-refractivity contribution in [1.29, 1.82) is 0 Å². The molecule has 0 amide bonds. The number of benzene rings is 1. The van der Waals surface area contributed by atoms with Gasteiger partial charge in [0.2, 0.25) is 0 Å². The van der Waals surface area contributed by atoms with Crippen molar-refractivity contribution in [2.45, 2.75) is 36.8 Å². The maximum absolute atomic E-state index is 12.7. The predicted molar refractivity (Wildman–Crippen MR) is 68.2 cm³/mol. The predicted octanol–water partition coefficient (Wildman–Crippen LogP) is 3.54. The van der Waals surface area contributed by atoms with Crippen LogP contribution in [-0.4, -0.2) is 23.6 Å². The molecule has 2 rings (SSSR count). The maximum Gasteiger partial charge on any atom is 0.127 e. The van der Waals surface area contributed by atoms with Gasteiger partial charge in [0.15, 0.2) is 0 Å². The highest BCUT2D eigenvalue weighted by Gasteiger charge is 2.42. The van der Waals surface area contributed by atoms with Gasteiger partial charge in [-0.1, -0.05) is 22.9 Å². The first-order chi connectivity index (χ1) is 8.20. The SMILES string of the molecule is CCCOC1C(Br)CC1Oc1ccc(F)cc1. The fourth-order valence-corrected chi connectivity index (χ4v) is 2.66. The smallest absolute Gasteiger partial charge is 0.127 e. The minimum absolute atomic E-state index is 0.0661. The quantitative estimate of drug-likeness (QED) is 0.775. The third-order valence-electron chi connectivity index (χ3n) is 2.80. The Hall–Kier alpha value is -0.610. The summed E-state index contributed by atoms with van der Waals surface area (Å²) in [4.78, 5) is 0.361. The van der Waals surface area contributed by atoms with Gasteiger partial charge < -0.3 is 9.47 Å². The average Bonchev–Trinajstić information content (AvgIpc) is 2.31. The van der Waals surface area contributed by atoms with Crippen molar-refractivity contribution >= 4 is 15.9 Å². The van der Waals surface area contributed by atoms with Crippen LogP contribution in [-0.2, 0) is 4.74 Å². The van der Waals surface area contributed by atoms with E-state index in [-0.39, 0.29) is 18.0 Å². The molecule has 0 aliphatic heterocycles. The first-order valence-electron chi connectivity index (χ1n) is 5.88. The van der Waals surface area contributed by atoms with Crippen LogP contribution in [0.3, 0.4) is 0 Å². The Labute approximate surface area is 109 Å². The van der Waals surface area contributed by atoms with Crippen molar-refractivity contribution in [1.82, 2.24) is 0 Å². The molecule has 1 aromatic carbocycles. The van der Waals surface area contributed by atoms with E-state index in [1.807, 2.05) is 0 Å². The van der Waals surface area contributed by atoms with Crippen molar-refractivity contribution in [3.63, 3.8) is 0 Å². The van der Waals surface area contributed by atoms with E-state index >= 15 is 0 Å². The van der Waals surface area contributed by atoms with E-state index in [4.69, 9.17) is 9.47 Å². The molecule has 1 aliphatic carbocycles. The van der Waals surface area contributed by atoms with Crippen molar-refractivity contribution in [3.05, 3.63) is 30.1 Å². The molecule has 0 spiro atoms.